The van der Waals surface area contributed by atoms with Crippen molar-refractivity contribution in [2.45, 2.75) is 31.6 Å². The first-order chi connectivity index (χ1) is 12.6. The summed E-state index contributed by atoms with van der Waals surface area (Å²) in [5, 5.41) is 0. The Morgan fingerprint density at radius 1 is 0.593 bits per heavy atom. The molecule has 2 nitrogen and oxygen atoms in total. The van der Waals surface area contributed by atoms with E-state index in [1.165, 1.54) is 0 Å². The molecule has 8 heteroatoms. The molecule has 0 aliphatic heterocycles. The molecule has 0 aliphatic rings. The summed E-state index contributed by atoms with van der Waals surface area (Å²) in [7, 11) is 0. The molecule has 2 aromatic rings. The molecule has 0 amide bonds. The molecule has 0 aliphatic carbocycles. The van der Waals surface area contributed by atoms with Crippen LogP contribution in [0.15, 0.2) is 48.5 Å². The van der Waals surface area contributed by atoms with Crippen LogP contribution in [0.25, 0.3) is 0 Å². The highest BCUT2D eigenvalue weighted by molar-refractivity contribution is 5.47. The zero-order valence-electron chi connectivity index (χ0n) is 14.6. The van der Waals surface area contributed by atoms with Crippen LogP contribution in [0.3, 0.4) is 0 Å². The van der Waals surface area contributed by atoms with Crippen LogP contribution in [0.1, 0.15) is 25.0 Å². The SMILES string of the molecule is CCOc1ccc(C(c2ccc(OCC)cc2)(C(F)(F)F)C(F)(F)F)cc1. The van der Waals surface area contributed by atoms with Gasteiger partial charge in [0.2, 0.25) is 5.41 Å². The molecular weight excluding hydrogens is 374 g/mol. The topological polar surface area (TPSA) is 18.5 Å². The van der Waals surface area contributed by atoms with Crippen molar-refractivity contribution in [2.75, 3.05) is 13.2 Å². The van der Waals surface area contributed by atoms with Gasteiger partial charge in [0.25, 0.3) is 0 Å². The minimum atomic E-state index is -5.62. The first kappa shape index (κ1) is 20.9. The van der Waals surface area contributed by atoms with Crippen LogP contribution in [-0.2, 0) is 5.41 Å². The van der Waals surface area contributed by atoms with Crippen molar-refractivity contribution in [3.8, 4) is 11.5 Å². The van der Waals surface area contributed by atoms with Gasteiger partial charge < -0.3 is 9.47 Å². The van der Waals surface area contributed by atoms with E-state index in [-0.39, 0.29) is 24.7 Å². The van der Waals surface area contributed by atoms with Gasteiger partial charge in [0.15, 0.2) is 0 Å². The third kappa shape index (κ3) is 3.84. The summed E-state index contributed by atoms with van der Waals surface area (Å²) in [6.07, 6.45) is -11.2. The predicted molar refractivity (Wildman–Crippen MR) is 88.1 cm³/mol. The van der Waals surface area contributed by atoms with Crippen LogP contribution in [0.5, 0.6) is 11.5 Å². The van der Waals surface area contributed by atoms with Crippen molar-refractivity contribution >= 4 is 0 Å². The molecule has 2 rings (SSSR count). The zero-order valence-corrected chi connectivity index (χ0v) is 14.6. The normalized spacial score (nSPS) is 12.7. The van der Waals surface area contributed by atoms with Crippen LogP contribution >= 0.6 is 0 Å². The van der Waals surface area contributed by atoms with E-state index in [1.54, 1.807) is 13.8 Å². The first-order valence-electron chi connectivity index (χ1n) is 8.18. The Balaban J connectivity index is 2.71. The van der Waals surface area contributed by atoms with Gasteiger partial charge in [-0.2, -0.15) is 26.3 Å². The van der Waals surface area contributed by atoms with Crippen LogP contribution in [-0.4, -0.2) is 25.6 Å². The Labute approximate surface area is 152 Å². The molecule has 0 radical (unpaired) electrons. The standard InChI is InChI=1S/C19H18F6O2/c1-3-26-15-9-5-13(6-10-15)17(18(20,21)22,19(23,24)25)14-7-11-16(12-8-14)27-4-2/h5-12H,3-4H2,1-2H3. The highest BCUT2D eigenvalue weighted by atomic mass is 19.4. The van der Waals surface area contributed by atoms with Crippen molar-refractivity contribution in [1.29, 1.82) is 0 Å². The van der Waals surface area contributed by atoms with Crippen LogP contribution in [0, 0.1) is 0 Å². The van der Waals surface area contributed by atoms with E-state index in [1.807, 2.05) is 0 Å². The summed E-state index contributed by atoms with van der Waals surface area (Å²) < 4.78 is 94.0. The fraction of sp³-hybridized carbons (Fsp3) is 0.368. The van der Waals surface area contributed by atoms with Crippen molar-refractivity contribution in [1.82, 2.24) is 0 Å². The molecule has 0 saturated heterocycles. The van der Waals surface area contributed by atoms with Gasteiger partial charge in [-0.3, -0.25) is 0 Å². The average molecular weight is 392 g/mol. The molecule has 0 aromatic heterocycles. The van der Waals surface area contributed by atoms with Gasteiger partial charge in [-0.15, -0.1) is 0 Å². The second-order valence-corrected chi connectivity index (χ2v) is 5.66. The van der Waals surface area contributed by atoms with Crippen molar-refractivity contribution in [3.63, 3.8) is 0 Å². The number of hydrogen-bond donors (Lipinski definition) is 0. The molecule has 0 N–H and O–H groups in total. The van der Waals surface area contributed by atoms with E-state index in [9.17, 15) is 26.3 Å². The fourth-order valence-electron chi connectivity index (χ4n) is 2.92. The molecule has 0 saturated carbocycles. The number of ether oxygens (including phenoxy) is 2. The lowest BCUT2D eigenvalue weighted by Crippen LogP contribution is -2.54. The van der Waals surface area contributed by atoms with Crippen molar-refractivity contribution < 1.29 is 35.8 Å². The molecule has 0 unspecified atom stereocenters. The molecule has 148 valence electrons. The van der Waals surface area contributed by atoms with Gasteiger partial charge in [-0.05, 0) is 49.2 Å². The average Bonchev–Trinajstić information content (AvgIpc) is 2.56. The van der Waals surface area contributed by atoms with Gasteiger partial charge in [-0.25, -0.2) is 0 Å². The minimum Gasteiger partial charge on any atom is -0.494 e. The van der Waals surface area contributed by atoms with Crippen molar-refractivity contribution in [3.05, 3.63) is 59.7 Å². The van der Waals surface area contributed by atoms with E-state index in [0.29, 0.717) is 0 Å². The number of benzene rings is 2. The lowest BCUT2D eigenvalue weighted by atomic mass is 9.73. The van der Waals surface area contributed by atoms with Crippen LogP contribution < -0.4 is 9.47 Å². The summed E-state index contributed by atoms with van der Waals surface area (Å²) in [6.45, 7) is 3.79. The van der Waals surface area contributed by atoms with E-state index >= 15 is 0 Å². The molecule has 0 bridgehead atoms. The maximum atomic E-state index is 14.0. The van der Waals surface area contributed by atoms with E-state index in [4.69, 9.17) is 9.47 Å². The second-order valence-electron chi connectivity index (χ2n) is 5.66. The second kappa shape index (κ2) is 7.70. The van der Waals surface area contributed by atoms with Gasteiger partial charge in [0.05, 0.1) is 13.2 Å². The van der Waals surface area contributed by atoms with E-state index in [0.717, 1.165) is 48.5 Å². The highest BCUT2D eigenvalue weighted by Crippen LogP contribution is 2.56. The van der Waals surface area contributed by atoms with E-state index in [2.05, 4.69) is 0 Å². The summed E-state index contributed by atoms with van der Waals surface area (Å²) in [5.74, 6) is 0.373. The number of rotatable bonds is 6. The maximum absolute atomic E-state index is 14.0. The molecule has 0 spiro atoms. The largest absolute Gasteiger partial charge is 0.494 e. The Bertz CT molecular complexity index is 667. The summed E-state index contributed by atoms with van der Waals surface area (Å²) in [4.78, 5) is 0. The first-order valence-corrected chi connectivity index (χ1v) is 8.18. The lowest BCUT2D eigenvalue weighted by Gasteiger charge is -2.38. The van der Waals surface area contributed by atoms with Gasteiger partial charge in [0.1, 0.15) is 11.5 Å². The van der Waals surface area contributed by atoms with Gasteiger partial charge >= 0.3 is 12.4 Å². The Morgan fingerprint density at radius 2 is 0.889 bits per heavy atom. The molecule has 2 aromatic carbocycles. The summed E-state index contributed by atoms with van der Waals surface area (Å²) >= 11 is 0. The molecule has 0 atom stereocenters. The van der Waals surface area contributed by atoms with Gasteiger partial charge in [-0.1, -0.05) is 24.3 Å². The number of halogens is 6. The Kier molecular flexibility index (Phi) is 5.97. The quantitative estimate of drug-likeness (QED) is 0.571. The van der Waals surface area contributed by atoms with Crippen LogP contribution in [0.4, 0.5) is 26.3 Å². The van der Waals surface area contributed by atoms with Crippen LogP contribution in [0.2, 0.25) is 0 Å². The Hall–Kier alpha value is -2.38. The lowest BCUT2D eigenvalue weighted by molar-refractivity contribution is -0.288. The zero-order chi connectivity index (χ0) is 20.3. The molecule has 27 heavy (non-hydrogen) atoms. The maximum Gasteiger partial charge on any atom is 0.411 e. The third-order valence-corrected chi connectivity index (χ3v) is 4.05. The fourth-order valence-corrected chi connectivity index (χ4v) is 2.92. The summed E-state index contributed by atoms with van der Waals surface area (Å²) in [6, 6.07) is 7.56. The third-order valence-electron chi connectivity index (χ3n) is 4.05. The monoisotopic (exact) mass is 392 g/mol. The highest BCUT2D eigenvalue weighted by Gasteiger charge is 2.72. The van der Waals surface area contributed by atoms with E-state index < -0.39 is 28.9 Å². The molecular formula is C19H18F6O2. The van der Waals surface area contributed by atoms with Crippen molar-refractivity contribution in [2.24, 2.45) is 0 Å². The van der Waals surface area contributed by atoms with Gasteiger partial charge in [0, 0.05) is 0 Å². The Morgan fingerprint density at radius 3 is 1.11 bits per heavy atom. The number of alkyl halides is 6. The molecule has 0 heterocycles. The number of hydrogen-bond acceptors (Lipinski definition) is 2. The minimum absolute atomic E-state index is 0.186. The summed E-state index contributed by atoms with van der Waals surface area (Å²) in [5.41, 5.74) is -6.04. The predicted octanol–water partition coefficient (Wildman–Crippen LogP) is 5.89. The smallest absolute Gasteiger partial charge is 0.411 e. The molecule has 0 fully saturated rings.